The molecule has 96 valence electrons. The van der Waals surface area contributed by atoms with Gasteiger partial charge in [-0.05, 0) is 35.0 Å². The highest BCUT2D eigenvalue weighted by Crippen LogP contribution is 2.24. The summed E-state index contributed by atoms with van der Waals surface area (Å²) in [5.41, 5.74) is 2.07. The molecular weight excluding hydrogens is 304 g/mol. The van der Waals surface area contributed by atoms with Gasteiger partial charge in [-0.2, -0.15) is 5.10 Å². The fourth-order valence-electron chi connectivity index (χ4n) is 1.67. The first kappa shape index (κ1) is 13.0. The molecule has 18 heavy (non-hydrogen) atoms. The Morgan fingerprint density at radius 2 is 2.00 bits per heavy atom. The van der Waals surface area contributed by atoms with E-state index in [9.17, 15) is 8.78 Å². The van der Waals surface area contributed by atoms with Crippen LogP contribution in [0.25, 0.3) is 0 Å². The largest absolute Gasteiger partial charge is 0.377 e. The van der Waals surface area contributed by atoms with Gasteiger partial charge in [0, 0.05) is 13.1 Å². The number of hydrogen-bond acceptors (Lipinski definition) is 2. The van der Waals surface area contributed by atoms with E-state index in [1.54, 1.807) is 4.68 Å². The molecule has 1 aromatic carbocycles. The van der Waals surface area contributed by atoms with Crippen molar-refractivity contribution in [1.29, 1.82) is 0 Å². The predicted octanol–water partition coefficient (Wildman–Crippen LogP) is 3.38. The summed E-state index contributed by atoms with van der Waals surface area (Å²) in [6.45, 7) is 2.31. The number of aryl methyl sites for hydroxylation is 2. The Morgan fingerprint density at radius 1 is 1.28 bits per heavy atom. The second kappa shape index (κ2) is 5.06. The van der Waals surface area contributed by atoms with Crippen molar-refractivity contribution in [2.75, 3.05) is 5.32 Å². The molecular formula is C12H12BrF2N3. The fourth-order valence-corrected chi connectivity index (χ4v) is 2.02. The molecule has 0 aliphatic rings. The molecule has 0 saturated carbocycles. The second-order valence-corrected chi connectivity index (χ2v) is 4.85. The van der Waals surface area contributed by atoms with Crippen molar-refractivity contribution >= 4 is 21.6 Å². The molecule has 6 heteroatoms. The molecule has 0 amide bonds. The van der Waals surface area contributed by atoms with Crippen molar-refractivity contribution in [2.24, 2.45) is 7.05 Å². The number of hydrogen-bond donors (Lipinski definition) is 1. The van der Waals surface area contributed by atoms with Gasteiger partial charge in [0.2, 0.25) is 0 Å². The Bertz CT molecular complexity index is 581. The van der Waals surface area contributed by atoms with Crippen LogP contribution in [-0.2, 0) is 13.6 Å². The van der Waals surface area contributed by atoms with E-state index in [-0.39, 0.29) is 10.2 Å². The molecule has 1 aromatic heterocycles. The SMILES string of the molecule is Cc1cc(CNc2cc(Br)c(F)cc2F)n(C)n1. The minimum absolute atomic E-state index is 0.229. The summed E-state index contributed by atoms with van der Waals surface area (Å²) in [4.78, 5) is 0. The molecule has 0 bridgehead atoms. The molecule has 2 rings (SSSR count). The zero-order valence-corrected chi connectivity index (χ0v) is 11.6. The normalized spacial score (nSPS) is 10.7. The lowest BCUT2D eigenvalue weighted by atomic mass is 10.3. The van der Waals surface area contributed by atoms with Crippen LogP contribution >= 0.6 is 15.9 Å². The van der Waals surface area contributed by atoms with E-state index in [4.69, 9.17) is 0 Å². The molecule has 0 unspecified atom stereocenters. The molecule has 2 aromatic rings. The van der Waals surface area contributed by atoms with E-state index >= 15 is 0 Å². The van der Waals surface area contributed by atoms with Gasteiger partial charge in [0.1, 0.15) is 11.6 Å². The van der Waals surface area contributed by atoms with E-state index in [2.05, 4.69) is 26.3 Å². The zero-order chi connectivity index (χ0) is 13.3. The molecule has 0 radical (unpaired) electrons. The summed E-state index contributed by atoms with van der Waals surface area (Å²) in [5.74, 6) is -1.23. The lowest BCUT2D eigenvalue weighted by Crippen LogP contribution is -2.06. The van der Waals surface area contributed by atoms with Crippen LogP contribution < -0.4 is 5.32 Å². The van der Waals surface area contributed by atoms with Crippen molar-refractivity contribution in [2.45, 2.75) is 13.5 Å². The monoisotopic (exact) mass is 315 g/mol. The maximum Gasteiger partial charge on any atom is 0.149 e. The topological polar surface area (TPSA) is 29.9 Å². The van der Waals surface area contributed by atoms with E-state index in [0.29, 0.717) is 6.54 Å². The van der Waals surface area contributed by atoms with Crippen LogP contribution in [0.15, 0.2) is 22.7 Å². The number of rotatable bonds is 3. The van der Waals surface area contributed by atoms with Crippen LogP contribution in [0.4, 0.5) is 14.5 Å². The summed E-state index contributed by atoms with van der Waals surface area (Å²) < 4.78 is 28.5. The number of halogens is 3. The summed E-state index contributed by atoms with van der Waals surface area (Å²) in [6.07, 6.45) is 0. The molecule has 0 aliphatic heterocycles. The number of anilines is 1. The Morgan fingerprint density at radius 3 is 2.61 bits per heavy atom. The highest BCUT2D eigenvalue weighted by atomic mass is 79.9. The van der Waals surface area contributed by atoms with E-state index < -0.39 is 11.6 Å². The van der Waals surface area contributed by atoms with Crippen molar-refractivity contribution in [3.05, 3.63) is 45.7 Å². The lowest BCUT2D eigenvalue weighted by Gasteiger charge is -2.08. The predicted molar refractivity (Wildman–Crippen MR) is 69.3 cm³/mol. The van der Waals surface area contributed by atoms with Gasteiger partial charge < -0.3 is 5.32 Å². The Labute approximate surface area is 112 Å². The van der Waals surface area contributed by atoms with Gasteiger partial charge in [-0.1, -0.05) is 0 Å². The summed E-state index contributed by atoms with van der Waals surface area (Å²) in [7, 11) is 1.82. The van der Waals surface area contributed by atoms with Gasteiger partial charge >= 0.3 is 0 Å². The van der Waals surface area contributed by atoms with Crippen molar-refractivity contribution in [3.8, 4) is 0 Å². The average molecular weight is 316 g/mol. The fraction of sp³-hybridized carbons (Fsp3) is 0.250. The summed E-state index contributed by atoms with van der Waals surface area (Å²) in [6, 6.07) is 4.14. The average Bonchev–Trinajstić information content (AvgIpc) is 2.61. The van der Waals surface area contributed by atoms with Gasteiger partial charge in [-0.3, -0.25) is 4.68 Å². The van der Waals surface area contributed by atoms with Crippen LogP contribution in [0.5, 0.6) is 0 Å². The van der Waals surface area contributed by atoms with Gasteiger partial charge in [0.15, 0.2) is 0 Å². The number of nitrogens with zero attached hydrogens (tertiary/aromatic N) is 2. The molecule has 0 spiro atoms. The Hall–Kier alpha value is -1.43. The van der Waals surface area contributed by atoms with Crippen LogP contribution in [0, 0.1) is 18.6 Å². The van der Waals surface area contributed by atoms with E-state index in [1.807, 2.05) is 20.0 Å². The smallest absolute Gasteiger partial charge is 0.149 e. The second-order valence-electron chi connectivity index (χ2n) is 4.00. The minimum atomic E-state index is -0.616. The first-order valence-electron chi connectivity index (χ1n) is 5.35. The number of aromatic nitrogens is 2. The van der Waals surface area contributed by atoms with Crippen molar-refractivity contribution in [3.63, 3.8) is 0 Å². The molecule has 1 N–H and O–H groups in total. The molecule has 0 fully saturated rings. The third kappa shape index (κ3) is 2.69. The molecule has 0 aliphatic carbocycles. The number of nitrogens with one attached hydrogen (secondary N) is 1. The minimum Gasteiger partial charge on any atom is -0.377 e. The highest BCUT2D eigenvalue weighted by Gasteiger charge is 2.09. The van der Waals surface area contributed by atoms with Gasteiger partial charge in [0.25, 0.3) is 0 Å². The molecule has 0 atom stereocenters. The Kier molecular flexibility index (Phi) is 3.65. The zero-order valence-electron chi connectivity index (χ0n) is 9.97. The van der Waals surface area contributed by atoms with Crippen LogP contribution in [0.3, 0.4) is 0 Å². The molecule has 0 saturated heterocycles. The molecule has 1 heterocycles. The lowest BCUT2D eigenvalue weighted by molar-refractivity contribution is 0.580. The summed E-state index contributed by atoms with van der Waals surface area (Å²) in [5, 5.41) is 7.11. The quantitative estimate of drug-likeness (QED) is 0.880. The third-order valence-electron chi connectivity index (χ3n) is 2.57. The highest BCUT2D eigenvalue weighted by molar-refractivity contribution is 9.10. The third-order valence-corrected chi connectivity index (χ3v) is 3.18. The first-order valence-corrected chi connectivity index (χ1v) is 6.14. The van der Waals surface area contributed by atoms with Gasteiger partial charge in [-0.15, -0.1) is 0 Å². The molecule has 3 nitrogen and oxygen atoms in total. The Balaban J connectivity index is 2.15. The van der Waals surface area contributed by atoms with Gasteiger partial charge in [0.05, 0.1) is 28.1 Å². The van der Waals surface area contributed by atoms with E-state index in [0.717, 1.165) is 17.5 Å². The summed E-state index contributed by atoms with van der Waals surface area (Å²) >= 11 is 3.03. The van der Waals surface area contributed by atoms with Crippen LogP contribution in [0.2, 0.25) is 0 Å². The maximum atomic E-state index is 13.5. The maximum absolute atomic E-state index is 13.5. The van der Waals surface area contributed by atoms with Crippen LogP contribution in [-0.4, -0.2) is 9.78 Å². The van der Waals surface area contributed by atoms with Gasteiger partial charge in [-0.25, -0.2) is 8.78 Å². The van der Waals surface area contributed by atoms with Crippen molar-refractivity contribution in [1.82, 2.24) is 9.78 Å². The first-order chi connectivity index (χ1) is 8.47. The van der Waals surface area contributed by atoms with Crippen LogP contribution in [0.1, 0.15) is 11.4 Å². The standard InChI is InChI=1S/C12H12BrF2N3/c1-7-3-8(18(2)17-7)6-16-12-4-9(13)10(14)5-11(12)15/h3-5,16H,6H2,1-2H3. The van der Waals surface area contributed by atoms with Crippen molar-refractivity contribution < 1.29 is 8.78 Å². The number of benzene rings is 1. The van der Waals surface area contributed by atoms with E-state index in [1.165, 1.54) is 6.07 Å².